The van der Waals surface area contributed by atoms with Gasteiger partial charge in [0.1, 0.15) is 10.8 Å². The molecule has 1 saturated carbocycles. The lowest BCUT2D eigenvalue weighted by atomic mass is 9.94. The second-order valence-electron chi connectivity index (χ2n) is 8.61. The molecule has 2 aromatic carbocycles. The molecule has 1 unspecified atom stereocenters. The number of rotatable bonds is 6. The highest BCUT2D eigenvalue weighted by Crippen LogP contribution is 2.32. The number of para-hydroxylation sites is 1. The molecule has 35 heavy (non-hydrogen) atoms. The van der Waals surface area contributed by atoms with E-state index in [1.807, 2.05) is 47.0 Å². The molecule has 0 spiro atoms. The predicted octanol–water partition coefficient (Wildman–Crippen LogP) is 5.41. The Morgan fingerprint density at radius 3 is 2.74 bits per heavy atom. The van der Waals surface area contributed by atoms with Crippen LogP contribution in [0.4, 0.5) is 5.82 Å². The fraction of sp³-hybridized carbons (Fsp3) is 0.269. The number of ketones is 1. The van der Waals surface area contributed by atoms with Crippen LogP contribution in [0.2, 0.25) is 0 Å². The summed E-state index contributed by atoms with van der Waals surface area (Å²) in [5.74, 6) is 2.20. The topological polar surface area (TPSA) is 94.8 Å². The van der Waals surface area contributed by atoms with E-state index in [-0.39, 0.29) is 11.8 Å². The third-order valence-electron chi connectivity index (χ3n) is 6.37. The van der Waals surface area contributed by atoms with Crippen molar-refractivity contribution in [3.05, 3.63) is 59.9 Å². The van der Waals surface area contributed by atoms with Gasteiger partial charge in [0.2, 0.25) is 0 Å². The quantitative estimate of drug-likeness (QED) is 0.344. The molecule has 3 heterocycles. The Hall–Kier alpha value is -3.85. The fourth-order valence-electron chi connectivity index (χ4n) is 4.55. The molecular weight excluding hydrogens is 460 g/mol. The van der Waals surface area contributed by atoms with Crippen LogP contribution in [0.15, 0.2) is 54.9 Å². The zero-order chi connectivity index (χ0) is 23.8. The molecule has 1 atom stereocenters. The van der Waals surface area contributed by atoms with Crippen LogP contribution in [0.25, 0.3) is 32.8 Å². The maximum Gasteiger partial charge on any atom is 0.166 e. The van der Waals surface area contributed by atoms with Gasteiger partial charge in [0.25, 0.3) is 0 Å². The first kappa shape index (κ1) is 21.7. The number of methoxy groups -OCH3 is 1. The molecule has 0 amide bonds. The number of carbonyl (C=O) groups excluding carboxylic acids is 1. The first-order chi connectivity index (χ1) is 17.2. The third kappa shape index (κ3) is 4.12. The maximum atomic E-state index is 12.7. The molecule has 9 heteroatoms. The number of ether oxygens (including phenoxy) is 1. The average Bonchev–Trinajstić information content (AvgIpc) is 3.51. The van der Waals surface area contributed by atoms with Gasteiger partial charge in [-0.2, -0.15) is 0 Å². The Bertz CT molecular complexity index is 1490. The fourth-order valence-corrected chi connectivity index (χ4v) is 5.46. The molecule has 0 saturated heterocycles. The van der Waals surface area contributed by atoms with Crippen molar-refractivity contribution in [1.29, 1.82) is 0 Å². The minimum absolute atomic E-state index is 0.232. The Kier molecular flexibility index (Phi) is 5.61. The maximum absolute atomic E-state index is 12.7. The zero-order valence-electron chi connectivity index (χ0n) is 19.3. The Labute approximate surface area is 206 Å². The van der Waals surface area contributed by atoms with Crippen LogP contribution in [0.5, 0.6) is 5.75 Å². The van der Waals surface area contributed by atoms with E-state index in [4.69, 9.17) is 19.7 Å². The summed E-state index contributed by atoms with van der Waals surface area (Å²) in [6.45, 7) is 0.517. The van der Waals surface area contributed by atoms with E-state index in [2.05, 4.69) is 16.4 Å². The number of hydrogen-bond donors (Lipinski definition) is 1. The molecule has 5 aromatic rings. The standard InChI is InChI=1S/C26H24N6O2S/c1-34-17-12-10-16(11-13-17)24-30-25(27-14-22-29-18-6-2-5-9-21(18)35-22)23-26(31-24)32(15-28-23)19-7-3-4-8-20(19)33/h2,5-6,9-13,15,19H,3-4,7-8,14H2,1H3,(H,27,30,31). The first-order valence-corrected chi connectivity index (χ1v) is 12.5. The van der Waals surface area contributed by atoms with Gasteiger partial charge in [-0.25, -0.2) is 19.9 Å². The van der Waals surface area contributed by atoms with Crippen molar-refractivity contribution in [2.45, 2.75) is 38.3 Å². The number of carbonyl (C=O) groups is 1. The summed E-state index contributed by atoms with van der Waals surface area (Å²) in [6.07, 6.45) is 5.11. The van der Waals surface area contributed by atoms with Gasteiger partial charge < -0.3 is 14.6 Å². The number of aromatic nitrogens is 5. The summed E-state index contributed by atoms with van der Waals surface area (Å²) < 4.78 is 8.37. The summed E-state index contributed by atoms with van der Waals surface area (Å²) in [4.78, 5) is 31.8. The van der Waals surface area contributed by atoms with Gasteiger partial charge in [-0.3, -0.25) is 4.79 Å². The van der Waals surface area contributed by atoms with E-state index in [0.717, 1.165) is 45.8 Å². The second kappa shape index (κ2) is 9.07. The molecule has 1 N–H and O–H groups in total. The van der Waals surface area contributed by atoms with Crippen LogP contribution < -0.4 is 10.1 Å². The lowest BCUT2D eigenvalue weighted by Gasteiger charge is -2.22. The number of nitrogens with zero attached hydrogens (tertiary/aromatic N) is 5. The number of benzene rings is 2. The third-order valence-corrected chi connectivity index (χ3v) is 7.41. The lowest BCUT2D eigenvalue weighted by Crippen LogP contribution is -2.22. The van der Waals surface area contributed by atoms with E-state index in [1.54, 1.807) is 24.8 Å². The number of thiazole rings is 1. The number of Topliss-reactive ketones (excluding diaryl/α,β-unsaturated/α-hetero) is 1. The minimum atomic E-state index is -0.232. The average molecular weight is 485 g/mol. The van der Waals surface area contributed by atoms with Crippen LogP contribution in [0.3, 0.4) is 0 Å². The molecule has 176 valence electrons. The van der Waals surface area contributed by atoms with Gasteiger partial charge in [0, 0.05) is 12.0 Å². The number of anilines is 1. The molecule has 0 aliphatic heterocycles. The highest BCUT2D eigenvalue weighted by Gasteiger charge is 2.27. The molecular formula is C26H24N6O2S. The Morgan fingerprint density at radius 1 is 1.09 bits per heavy atom. The molecule has 0 radical (unpaired) electrons. The molecule has 0 bridgehead atoms. The summed E-state index contributed by atoms with van der Waals surface area (Å²) in [5, 5.41) is 4.40. The van der Waals surface area contributed by atoms with Gasteiger partial charge in [0.05, 0.1) is 36.2 Å². The van der Waals surface area contributed by atoms with Crippen molar-refractivity contribution in [3.8, 4) is 17.1 Å². The van der Waals surface area contributed by atoms with Crippen molar-refractivity contribution >= 4 is 44.3 Å². The van der Waals surface area contributed by atoms with E-state index in [0.29, 0.717) is 35.8 Å². The van der Waals surface area contributed by atoms with Crippen LogP contribution in [0.1, 0.15) is 36.7 Å². The summed E-state index contributed by atoms with van der Waals surface area (Å²) >= 11 is 1.65. The van der Waals surface area contributed by atoms with Crippen LogP contribution >= 0.6 is 11.3 Å². The van der Waals surface area contributed by atoms with Crippen LogP contribution in [-0.2, 0) is 11.3 Å². The molecule has 1 aliphatic carbocycles. The largest absolute Gasteiger partial charge is 0.497 e. The summed E-state index contributed by atoms with van der Waals surface area (Å²) in [5.41, 5.74) is 3.17. The van der Waals surface area contributed by atoms with Crippen LogP contribution in [0, 0.1) is 0 Å². The molecule has 1 fully saturated rings. The number of hydrogen-bond acceptors (Lipinski definition) is 8. The first-order valence-electron chi connectivity index (χ1n) is 11.7. The van der Waals surface area contributed by atoms with Crippen molar-refractivity contribution < 1.29 is 9.53 Å². The van der Waals surface area contributed by atoms with Gasteiger partial charge >= 0.3 is 0 Å². The molecule has 1 aliphatic rings. The van der Waals surface area contributed by atoms with Crippen LogP contribution in [-0.4, -0.2) is 37.4 Å². The zero-order valence-corrected chi connectivity index (χ0v) is 20.1. The van der Waals surface area contributed by atoms with Gasteiger partial charge in [-0.1, -0.05) is 18.6 Å². The van der Waals surface area contributed by atoms with E-state index in [9.17, 15) is 4.79 Å². The van der Waals surface area contributed by atoms with Crippen molar-refractivity contribution in [1.82, 2.24) is 24.5 Å². The summed E-state index contributed by atoms with van der Waals surface area (Å²) in [6, 6.07) is 15.5. The minimum Gasteiger partial charge on any atom is -0.497 e. The smallest absolute Gasteiger partial charge is 0.166 e. The Balaban J connectivity index is 1.41. The number of imidazole rings is 1. The highest BCUT2D eigenvalue weighted by atomic mass is 32.1. The van der Waals surface area contributed by atoms with E-state index >= 15 is 0 Å². The van der Waals surface area contributed by atoms with E-state index in [1.165, 1.54) is 0 Å². The summed E-state index contributed by atoms with van der Waals surface area (Å²) in [7, 11) is 1.64. The highest BCUT2D eigenvalue weighted by molar-refractivity contribution is 7.18. The van der Waals surface area contributed by atoms with Gasteiger partial charge in [0.15, 0.2) is 28.6 Å². The monoisotopic (exact) mass is 484 g/mol. The molecule has 8 nitrogen and oxygen atoms in total. The second-order valence-corrected chi connectivity index (χ2v) is 9.72. The lowest BCUT2D eigenvalue weighted by molar-refractivity contribution is -0.123. The predicted molar refractivity (Wildman–Crippen MR) is 137 cm³/mol. The molecule has 6 rings (SSSR count). The normalized spacial score (nSPS) is 16.1. The van der Waals surface area contributed by atoms with Gasteiger partial charge in [-0.15, -0.1) is 11.3 Å². The van der Waals surface area contributed by atoms with Crippen molar-refractivity contribution in [2.75, 3.05) is 12.4 Å². The van der Waals surface area contributed by atoms with Gasteiger partial charge in [-0.05, 0) is 49.2 Å². The Morgan fingerprint density at radius 2 is 1.94 bits per heavy atom. The van der Waals surface area contributed by atoms with E-state index < -0.39 is 0 Å². The number of fused-ring (bicyclic) bond motifs is 2. The SMILES string of the molecule is COc1ccc(-c2nc(NCc3nc4ccccc4s3)c3ncn(C4CCCCC4=O)c3n2)cc1. The van der Waals surface area contributed by atoms with Crippen molar-refractivity contribution in [3.63, 3.8) is 0 Å². The number of nitrogens with one attached hydrogen (secondary N) is 1. The van der Waals surface area contributed by atoms with Crippen molar-refractivity contribution in [2.24, 2.45) is 0 Å². The molecule has 3 aromatic heterocycles.